The number of nitrogens with zero attached hydrogens (tertiary/aromatic N) is 2. The zero-order valence-corrected chi connectivity index (χ0v) is 15.4. The second kappa shape index (κ2) is 6.68. The number of carbonyl (C=O) groups is 4. The van der Waals surface area contributed by atoms with Crippen LogP contribution in [-0.4, -0.2) is 47.5 Å². The Bertz CT molecular complexity index is 916. The number of ether oxygens (including phenoxy) is 1. The van der Waals surface area contributed by atoms with E-state index in [-0.39, 0.29) is 34.8 Å². The van der Waals surface area contributed by atoms with Gasteiger partial charge in [-0.2, -0.15) is 0 Å². The molecule has 0 saturated heterocycles. The number of hydrogen-bond donors (Lipinski definition) is 0. The summed E-state index contributed by atoms with van der Waals surface area (Å²) >= 11 is 0. The Hall–Kier alpha value is -3.48. The van der Waals surface area contributed by atoms with E-state index in [4.69, 9.17) is 4.74 Å². The van der Waals surface area contributed by atoms with Crippen molar-refractivity contribution >= 4 is 23.6 Å². The summed E-state index contributed by atoms with van der Waals surface area (Å²) in [4.78, 5) is 50.0. The first-order valence-corrected chi connectivity index (χ1v) is 8.49. The summed E-state index contributed by atoms with van der Waals surface area (Å²) in [6.07, 6.45) is 0. The van der Waals surface area contributed by atoms with Crippen molar-refractivity contribution in [1.29, 1.82) is 0 Å². The lowest BCUT2D eigenvalue weighted by Gasteiger charge is -2.07. The Kier molecular flexibility index (Phi) is 4.53. The number of imide groups is 2. The van der Waals surface area contributed by atoms with Crippen molar-refractivity contribution in [2.75, 3.05) is 14.1 Å². The lowest BCUT2D eigenvalue weighted by molar-refractivity contribution is 0.0678. The Morgan fingerprint density at radius 3 is 1.30 bits per heavy atom. The van der Waals surface area contributed by atoms with Crippen LogP contribution < -0.4 is 4.74 Å². The second-order valence-corrected chi connectivity index (χ2v) is 5.86. The minimum atomic E-state index is -0.387. The molecule has 0 N–H and O–H groups in total. The highest BCUT2D eigenvalue weighted by Crippen LogP contribution is 2.31. The van der Waals surface area contributed by atoms with Crippen molar-refractivity contribution < 1.29 is 23.9 Å². The van der Waals surface area contributed by atoms with E-state index in [1.807, 2.05) is 13.8 Å². The Labute approximate surface area is 156 Å². The zero-order chi connectivity index (χ0) is 19.9. The van der Waals surface area contributed by atoms with Gasteiger partial charge in [-0.15, -0.1) is 0 Å². The molecule has 7 heteroatoms. The molecular formula is C20H18N2O5. The Balaban J connectivity index is 0.00000102. The van der Waals surface area contributed by atoms with E-state index in [9.17, 15) is 19.2 Å². The predicted octanol–water partition coefficient (Wildman–Crippen LogP) is 2.96. The molecule has 7 nitrogen and oxygen atoms in total. The molecule has 2 aromatic carbocycles. The van der Waals surface area contributed by atoms with Gasteiger partial charge in [-0.3, -0.25) is 29.0 Å². The van der Waals surface area contributed by atoms with Gasteiger partial charge in [-0.05, 0) is 36.4 Å². The van der Waals surface area contributed by atoms with Crippen LogP contribution in [0.25, 0.3) is 0 Å². The van der Waals surface area contributed by atoms with E-state index in [0.717, 1.165) is 9.80 Å². The van der Waals surface area contributed by atoms with E-state index in [2.05, 4.69) is 0 Å². The number of hydrogen-bond acceptors (Lipinski definition) is 5. The third-order valence-electron chi connectivity index (χ3n) is 4.36. The van der Waals surface area contributed by atoms with Crippen LogP contribution in [0.1, 0.15) is 55.3 Å². The van der Waals surface area contributed by atoms with Crippen molar-refractivity contribution in [3.63, 3.8) is 0 Å². The molecule has 4 amide bonds. The number of fused-ring (bicyclic) bond motifs is 2. The zero-order valence-electron chi connectivity index (χ0n) is 15.4. The van der Waals surface area contributed by atoms with Crippen LogP contribution in [0.4, 0.5) is 0 Å². The van der Waals surface area contributed by atoms with E-state index >= 15 is 0 Å². The van der Waals surface area contributed by atoms with Gasteiger partial charge in [0.15, 0.2) is 0 Å². The molecular weight excluding hydrogens is 348 g/mol. The maximum absolute atomic E-state index is 12.0. The molecule has 4 rings (SSSR count). The lowest BCUT2D eigenvalue weighted by Crippen LogP contribution is -2.24. The van der Waals surface area contributed by atoms with Crippen molar-refractivity contribution in [1.82, 2.24) is 9.80 Å². The average molecular weight is 366 g/mol. The third kappa shape index (κ3) is 2.77. The Morgan fingerprint density at radius 2 is 0.926 bits per heavy atom. The van der Waals surface area contributed by atoms with Crippen molar-refractivity contribution in [2.45, 2.75) is 13.8 Å². The maximum atomic E-state index is 12.0. The van der Waals surface area contributed by atoms with Crippen LogP contribution in [0.3, 0.4) is 0 Å². The topological polar surface area (TPSA) is 84.0 Å². The first kappa shape index (κ1) is 18.3. The quantitative estimate of drug-likeness (QED) is 0.763. The highest BCUT2D eigenvalue weighted by atomic mass is 16.5. The van der Waals surface area contributed by atoms with Gasteiger partial charge < -0.3 is 4.74 Å². The maximum Gasteiger partial charge on any atom is 0.261 e. The van der Waals surface area contributed by atoms with Crippen LogP contribution in [0, 0.1) is 0 Å². The lowest BCUT2D eigenvalue weighted by atomic mass is 10.1. The van der Waals surface area contributed by atoms with Crippen molar-refractivity contribution in [3.8, 4) is 11.5 Å². The van der Waals surface area contributed by atoms with Crippen LogP contribution in [0.15, 0.2) is 36.4 Å². The molecule has 0 spiro atoms. The number of benzene rings is 2. The van der Waals surface area contributed by atoms with E-state index in [0.29, 0.717) is 22.6 Å². The molecule has 2 heterocycles. The van der Waals surface area contributed by atoms with E-state index in [1.54, 1.807) is 12.1 Å². The Morgan fingerprint density at radius 1 is 0.593 bits per heavy atom. The average Bonchev–Trinajstić information content (AvgIpc) is 3.04. The first-order chi connectivity index (χ1) is 12.9. The molecule has 0 radical (unpaired) electrons. The number of carbonyl (C=O) groups excluding carboxylic acids is 4. The minimum absolute atomic E-state index is 0.275. The summed E-state index contributed by atoms with van der Waals surface area (Å²) in [5, 5.41) is 0. The van der Waals surface area contributed by atoms with Gasteiger partial charge in [0.25, 0.3) is 23.6 Å². The van der Waals surface area contributed by atoms with Gasteiger partial charge in [-0.1, -0.05) is 13.8 Å². The molecule has 2 aliphatic rings. The van der Waals surface area contributed by atoms with Gasteiger partial charge in [0.2, 0.25) is 0 Å². The molecule has 27 heavy (non-hydrogen) atoms. The summed E-state index contributed by atoms with van der Waals surface area (Å²) in [6, 6.07) is 9.20. The smallest absolute Gasteiger partial charge is 0.261 e. The summed E-state index contributed by atoms with van der Waals surface area (Å²) in [6.45, 7) is 4.00. The largest absolute Gasteiger partial charge is 0.457 e. The standard InChI is InChI=1S/C18H12N2O5.C2H6/c1-19-15(21)11-5-3-9(7-13(11)17(19)23)25-10-4-6-12-14(8-10)18(24)20(2)16(12)22;1-2/h3-8H,1-2H3;1-2H3. The molecule has 0 aromatic heterocycles. The SMILES string of the molecule is CC.CN1C(=O)c2ccc(Oc3ccc4c(c3)C(=O)N(C)C4=O)cc2C1=O. The summed E-state index contributed by atoms with van der Waals surface area (Å²) in [7, 11) is 2.84. The predicted molar refractivity (Wildman–Crippen MR) is 97.2 cm³/mol. The fourth-order valence-electron chi connectivity index (χ4n) is 2.94. The molecule has 2 aliphatic heterocycles. The monoisotopic (exact) mass is 366 g/mol. The molecule has 0 unspecified atom stereocenters. The van der Waals surface area contributed by atoms with Crippen LogP contribution in [0.5, 0.6) is 11.5 Å². The fraction of sp³-hybridized carbons (Fsp3) is 0.200. The minimum Gasteiger partial charge on any atom is -0.457 e. The van der Waals surface area contributed by atoms with Gasteiger partial charge in [0.1, 0.15) is 11.5 Å². The highest BCUT2D eigenvalue weighted by Gasteiger charge is 2.34. The van der Waals surface area contributed by atoms with E-state index in [1.165, 1.54) is 38.4 Å². The molecule has 0 atom stereocenters. The van der Waals surface area contributed by atoms with Crippen LogP contribution >= 0.6 is 0 Å². The summed E-state index contributed by atoms with van der Waals surface area (Å²) in [5.41, 5.74) is 1.21. The number of amides is 4. The molecule has 0 saturated carbocycles. The molecule has 138 valence electrons. The first-order valence-electron chi connectivity index (χ1n) is 8.49. The molecule has 0 aliphatic carbocycles. The normalized spacial score (nSPS) is 14.8. The third-order valence-corrected chi connectivity index (χ3v) is 4.36. The van der Waals surface area contributed by atoms with Crippen LogP contribution in [-0.2, 0) is 0 Å². The summed E-state index contributed by atoms with van der Waals surface area (Å²) in [5.74, 6) is -0.753. The molecule has 0 bridgehead atoms. The number of rotatable bonds is 2. The van der Waals surface area contributed by atoms with Gasteiger partial charge in [0, 0.05) is 14.1 Å². The van der Waals surface area contributed by atoms with Crippen LogP contribution in [0.2, 0.25) is 0 Å². The van der Waals surface area contributed by atoms with Gasteiger partial charge >= 0.3 is 0 Å². The fourth-order valence-corrected chi connectivity index (χ4v) is 2.94. The van der Waals surface area contributed by atoms with Crippen molar-refractivity contribution in [3.05, 3.63) is 58.7 Å². The van der Waals surface area contributed by atoms with Gasteiger partial charge in [-0.25, -0.2) is 0 Å². The van der Waals surface area contributed by atoms with Crippen molar-refractivity contribution in [2.24, 2.45) is 0 Å². The molecule has 2 aromatic rings. The molecule has 0 fully saturated rings. The highest BCUT2D eigenvalue weighted by molar-refractivity contribution is 6.22. The summed E-state index contributed by atoms with van der Waals surface area (Å²) < 4.78 is 5.70. The van der Waals surface area contributed by atoms with E-state index < -0.39 is 0 Å². The van der Waals surface area contributed by atoms with Gasteiger partial charge in [0.05, 0.1) is 22.3 Å². The second-order valence-electron chi connectivity index (χ2n) is 5.86.